The molecule has 3 rings (SSSR count). The molecule has 2 atom stereocenters. The minimum Gasteiger partial charge on any atom is -0.392 e. The summed E-state index contributed by atoms with van der Waals surface area (Å²) in [4.78, 5) is 38.1. The van der Waals surface area contributed by atoms with Gasteiger partial charge in [0.25, 0.3) is 11.5 Å². The molecule has 1 spiro atoms. The molecule has 1 N–H and O–H groups in total. The zero-order valence-electron chi connectivity index (χ0n) is 14.2. The fourth-order valence-corrected chi connectivity index (χ4v) is 3.94. The highest BCUT2D eigenvalue weighted by Crippen LogP contribution is 2.50. The van der Waals surface area contributed by atoms with Crippen LogP contribution in [0.15, 0.2) is 15.7 Å². The van der Waals surface area contributed by atoms with Gasteiger partial charge in [-0.15, -0.1) is 0 Å². The topological polar surface area (TPSA) is 93.8 Å². The molecule has 1 aliphatic carbocycles. The van der Waals surface area contributed by atoms with Crippen molar-refractivity contribution in [3.8, 4) is 0 Å². The third kappa shape index (κ3) is 2.32. The Balaban J connectivity index is 1.80. The fourth-order valence-electron chi connectivity index (χ4n) is 3.94. The normalized spacial score (nSPS) is 25.6. The molecule has 8 nitrogen and oxygen atoms in total. The van der Waals surface area contributed by atoms with E-state index >= 15 is 0 Å². The first-order valence-electron chi connectivity index (χ1n) is 8.09. The Morgan fingerprint density at radius 3 is 2.42 bits per heavy atom. The molecule has 0 bridgehead atoms. The molecule has 2 fully saturated rings. The SMILES string of the molecule is CO[C@@H]1C[C@H](O)C12CCN(C(=O)c1cc(=O)n(C)c(=O)n1C)CC2. The van der Waals surface area contributed by atoms with Crippen LogP contribution >= 0.6 is 0 Å². The van der Waals surface area contributed by atoms with Crippen LogP contribution in [0.3, 0.4) is 0 Å². The second-order valence-electron chi connectivity index (χ2n) is 6.77. The summed E-state index contributed by atoms with van der Waals surface area (Å²) in [6.07, 6.45) is 1.56. The summed E-state index contributed by atoms with van der Waals surface area (Å²) >= 11 is 0. The molecule has 2 aliphatic rings. The number of piperidine rings is 1. The summed E-state index contributed by atoms with van der Waals surface area (Å²) in [7, 11) is 4.51. The monoisotopic (exact) mass is 337 g/mol. The van der Waals surface area contributed by atoms with Gasteiger partial charge < -0.3 is 14.7 Å². The predicted octanol–water partition coefficient (Wildman–Crippen LogP) is -0.914. The van der Waals surface area contributed by atoms with Gasteiger partial charge in [-0.3, -0.25) is 18.7 Å². The Morgan fingerprint density at radius 2 is 1.88 bits per heavy atom. The minimum atomic E-state index is -0.520. The largest absolute Gasteiger partial charge is 0.392 e. The summed E-state index contributed by atoms with van der Waals surface area (Å²) in [5, 5.41) is 10.1. The fraction of sp³-hybridized carbons (Fsp3) is 0.688. The van der Waals surface area contributed by atoms with E-state index in [9.17, 15) is 19.5 Å². The highest BCUT2D eigenvalue weighted by molar-refractivity contribution is 5.92. The number of methoxy groups -OCH3 is 1. The maximum absolute atomic E-state index is 12.7. The predicted molar refractivity (Wildman–Crippen MR) is 85.9 cm³/mol. The zero-order valence-corrected chi connectivity index (χ0v) is 14.2. The van der Waals surface area contributed by atoms with Gasteiger partial charge in [0.15, 0.2) is 0 Å². The number of carbonyl (C=O) groups excluding carboxylic acids is 1. The van der Waals surface area contributed by atoms with E-state index in [2.05, 4.69) is 0 Å². The second kappa shape index (κ2) is 5.86. The third-order valence-corrected chi connectivity index (χ3v) is 5.75. The maximum Gasteiger partial charge on any atom is 0.331 e. The van der Waals surface area contributed by atoms with Crippen LogP contribution in [0.5, 0.6) is 0 Å². The zero-order chi connectivity index (χ0) is 17.6. The van der Waals surface area contributed by atoms with E-state index in [-0.39, 0.29) is 23.1 Å². The number of hydrogen-bond acceptors (Lipinski definition) is 5. The van der Waals surface area contributed by atoms with Crippen molar-refractivity contribution < 1.29 is 14.6 Å². The van der Waals surface area contributed by atoms with Gasteiger partial charge in [0, 0.05) is 52.2 Å². The number of hydrogen-bond donors (Lipinski definition) is 1. The molecule has 1 saturated heterocycles. The molecule has 1 aromatic heterocycles. The Labute approximate surface area is 139 Å². The molecule has 24 heavy (non-hydrogen) atoms. The molecule has 0 unspecified atom stereocenters. The van der Waals surface area contributed by atoms with Crippen molar-refractivity contribution in [1.29, 1.82) is 0 Å². The van der Waals surface area contributed by atoms with Gasteiger partial charge in [-0.25, -0.2) is 4.79 Å². The van der Waals surface area contributed by atoms with E-state index in [0.29, 0.717) is 32.4 Å². The number of nitrogens with zero attached hydrogens (tertiary/aromatic N) is 3. The molecule has 1 aliphatic heterocycles. The van der Waals surface area contributed by atoms with E-state index in [1.54, 1.807) is 12.0 Å². The lowest BCUT2D eigenvalue weighted by Crippen LogP contribution is -2.62. The smallest absolute Gasteiger partial charge is 0.331 e. The van der Waals surface area contributed by atoms with E-state index in [4.69, 9.17) is 4.74 Å². The molecular weight excluding hydrogens is 314 g/mol. The van der Waals surface area contributed by atoms with Gasteiger partial charge in [-0.05, 0) is 12.8 Å². The van der Waals surface area contributed by atoms with Gasteiger partial charge in [0.05, 0.1) is 12.2 Å². The second-order valence-corrected chi connectivity index (χ2v) is 6.77. The Kier molecular flexibility index (Phi) is 4.13. The van der Waals surface area contributed by atoms with Crippen molar-refractivity contribution in [3.05, 3.63) is 32.6 Å². The molecular formula is C16H23N3O5. The maximum atomic E-state index is 12.7. The molecule has 132 valence electrons. The summed E-state index contributed by atoms with van der Waals surface area (Å²) in [5.74, 6) is -0.329. The van der Waals surface area contributed by atoms with Crippen LogP contribution in [0, 0.1) is 5.41 Å². The van der Waals surface area contributed by atoms with Crippen molar-refractivity contribution in [1.82, 2.24) is 14.0 Å². The number of aliphatic hydroxyl groups excluding tert-OH is 1. The Morgan fingerprint density at radius 1 is 1.25 bits per heavy atom. The van der Waals surface area contributed by atoms with E-state index in [0.717, 1.165) is 4.57 Å². The number of aromatic nitrogens is 2. The minimum absolute atomic E-state index is 0.0260. The van der Waals surface area contributed by atoms with E-state index in [1.807, 2.05) is 0 Å². The summed E-state index contributed by atoms with van der Waals surface area (Å²) in [5.41, 5.74) is -1.20. The van der Waals surface area contributed by atoms with Crippen molar-refractivity contribution in [2.24, 2.45) is 19.5 Å². The molecule has 1 aromatic rings. The molecule has 1 amide bonds. The number of aliphatic hydroxyl groups is 1. The molecule has 1 saturated carbocycles. The average Bonchev–Trinajstić information content (AvgIpc) is 2.60. The average molecular weight is 337 g/mol. The van der Waals surface area contributed by atoms with Crippen molar-refractivity contribution in [2.75, 3.05) is 20.2 Å². The Hall–Kier alpha value is -1.93. The van der Waals surface area contributed by atoms with E-state index in [1.165, 1.54) is 24.7 Å². The summed E-state index contributed by atoms with van der Waals surface area (Å²) in [6.45, 7) is 0.943. The quantitative estimate of drug-likeness (QED) is 0.754. The number of amides is 1. The van der Waals surface area contributed by atoms with Crippen molar-refractivity contribution in [2.45, 2.75) is 31.5 Å². The van der Waals surface area contributed by atoms with Crippen LogP contribution in [0.4, 0.5) is 0 Å². The first-order chi connectivity index (χ1) is 11.3. The number of carbonyl (C=O) groups is 1. The molecule has 2 heterocycles. The van der Waals surface area contributed by atoms with Gasteiger partial charge in [-0.1, -0.05) is 0 Å². The standard InChI is InChI=1S/C16H23N3O5/c1-17-10(8-13(21)18(2)15(17)23)14(22)19-6-4-16(5-7-19)11(20)9-12(16)24-3/h8,11-12,20H,4-7,9H2,1-3H3/t11-,12+/m0/s1. The number of rotatable bonds is 2. The number of ether oxygens (including phenoxy) is 1. The molecule has 8 heteroatoms. The van der Waals surface area contributed by atoms with Gasteiger partial charge in [0.2, 0.25) is 0 Å². The highest BCUT2D eigenvalue weighted by Gasteiger charge is 2.56. The van der Waals surface area contributed by atoms with E-state index < -0.39 is 17.4 Å². The lowest BCUT2D eigenvalue weighted by atomic mass is 9.58. The highest BCUT2D eigenvalue weighted by atomic mass is 16.5. The molecule has 0 radical (unpaired) electrons. The Bertz CT molecular complexity index is 773. The summed E-state index contributed by atoms with van der Waals surface area (Å²) < 4.78 is 7.61. The lowest BCUT2D eigenvalue weighted by Gasteiger charge is -2.56. The molecule has 0 aromatic carbocycles. The van der Waals surface area contributed by atoms with Crippen molar-refractivity contribution in [3.63, 3.8) is 0 Å². The van der Waals surface area contributed by atoms with Crippen LogP contribution in [0.25, 0.3) is 0 Å². The van der Waals surface area contributed by atoms with Crippen LogP contribution in [0.2, 0.25) is 0 Å². The number of likely N-dealkylation sites (tertiary alicyclic amines) is 1. The third-order valence-electron chi connectivity index (χ3n) is 5.75. The first kappa shape index (κ1) is 16.9. The first-order valence-corrected chi connectivity index (χ1v) is 8.09. The van der Waals surface area contributed by atoms with Gasteiger partial charge in [0.1, 0.15) is 5.69 Å². The van der Waals surface area contributed by atoms with Crippen molar-refractivity contribution >= 4 is 5.91 Å². The lowest BCUT2D eigenvalue weighted by molar-refractivity contribution is -0.199. The van der Waals surface area contributed by atoms with Crippen LogP contribution < -0.4 is 11.2 Å². The van der Waals surface area contributed by atoms with Crippen LogP contribution in [-0.2, 0) is 18.8 Å². The van der Waals surface area contributed by atoms with Gasteiger partial charge in [-0.2, -0.15) is 0 Å². The van der Waals surface area contributed by atoms with Crippen LogP contribution in [0.1, 0.15) is 29.8 Å². The summed E-state index contributed by atoms with van der Waals surface area (Å²) in [6, 6.07) is 1.20. The van der Waals surface area contributed by atoms with Gasteiger partial charge >= 0.3 is 5.69 Å². The van der Waals surface area contributed by atoms with Crippen LogP contribution in [-0.4, -0.2) is 57.5 Å².